The lowest BCUT2D eigenvalue weighted by Crippen LogP contribution is -2.40. The third-order valence-electron chi connectivity index (χ3n) is 4.60. The van der Waals surface area contributed by atoms with E-state index in [0.717, 1.165) is 26.0 Å². The van der Waals surface area contributed by atoms with Gasteiger partial charge < -0.3 is 10.1 Å². The summed E-state index contributed by atoms with van der Waals surface area (Å²) in [7, 11) is 0. The van der Waals surface area contributed by atoms with Crippen LogP contribution in [0.5, 0.6) is 0 Å². The summed E-state index contributed by atoms with van der Waals surface area (Å²) in [6.45, 7) is 8.83. The van der Waals surface area contributed by atoms with Gasteiger partial charge in [0.05, 0.1) is 5.60 Å². The highest BCUT2D eigenvalue weighted by Crippen LogP contribution is 2.26. The number of hydrogen-bond acceptors (Lipinski definition) is 3. The highest BCUT2D eigenvalue weighted by Gasteiger charge is 2.28. The molecule has 3 rings (SSSR count). The molecule has 3 heteroatoms. The fourth-order valence-electron chi connectivity index (χ4n) is 3.55. The lowest BCUT2D eigenvalue weighted by atomic mass is 9.94. The van der Waals surface area contributed by atoms with Gasteiger partial charge in [0, 0.05) is 24.9 Å². The van der Waals surface area contributed by atoms with E-state index in [-0.39, 0.29) is 5.60 Å². The molecule has 0 radical (unpaired) electrons. The predicted octanol–water partition coefficient (Wildman–Crippen LogP) is 3.65. The fraction of sp³-hybridized carbons (Fsp3) is 0.667. The molecule has 1 aromatic rings. The molecule has 0 spiro atoms. The van der Waals surface area contributed by atoms with Crippen molar-refractivity contribution in [2.45, 2.75) is 57.7 Å². The van der Waals surface area contributed by atoms with Gasteiger partial charge in [-0.15, -0.1) is 0 Å². The highest BCUT2D eigenvalue weighted by molar-refractivity contribution is 5.46. The second-order valence-electron chi connectivity index (χ2n) is 7.13. The molecule has 2 aliphatic heterocycles. The number of nitrogens with zero attached hydrogens (tertiary/aromatic N) is 1. The molecule has 2 saturated heterocycles. The summed E-state index contributed by atoms with van der Waals surface area (Å²) < 4.78 is 5.80. The van der Waals surface area contributed by atoms with E-state index >= 15 is 0 Å². The summed E-state index contributed by atoms with van der Waals surface area (Å²) in [5, 5.41) is 3.70. The number of likely N-dealkylation sites (tertiary alicyclic amines) is 1. The van der Waals surface area contributed by atoms with Gasteiger partial charge in [-0.2, -0.15) is 0 Å². The first kappa shape index (κ1) is 14.9. The molecule has 0 aromatic heterocycles. The first-order valence-electron chi connectivity index (χ1n) is 8.33. The Kier molecular flexibility index (Phi) is 4.51. The van der Waals surface area contributed by atoms with E-state index < -0.39 is 0 Å². The van der Waals surface area contributed by atoms with Crippen molar-refractivity contribution in [3.05, 3.63) is 29.8 Å². The maximum atomic E-state index is 5.80. The Morgan fingerprint density at radius 3 is 2.86 bits per heavy atom. The van der Waals surface area contributed by atoms with Crippen LogP contribution in [-0.2, 0) is 11.3 Å². The fourth-order valence-corrected chi connectivity index (χ4v) is 3.55. The van der Waals surface area contributed by atoms with Crippen molar-refractivity contribution in [2.24, 2.45) is 0 Å². The SMILES string of the molecule is CC1(C)CC(Nc2cccc(CN3CCCC3)c2)CCO1. The largest absolute Gasteiger partial charge is 0.382 e. The standard InChI is InChI=1S/C18H28N2O/c1-18(2)13-17(8-11-21-18)19-16-7-5-6-15(12-16)14-20-9-3-4-10-20/h5-7,12,17,19H,3-4,8-11,13-14H2,1-2H3. The van der Waals surface area contributed by atoms with E-state index in [1.54, 1.807) is 0 Å². The van der Waals surface area contributed by atoms with Crippen LogP contribution in [0.2, 0.25) is 0 Å². The van der Waals surface area contributed by atoms with Crippen LogP contribution in [0.3, 0.4) is 0 Å². The molecule has 1 unspecified atom stereocenters. The minimum absolute atomic E-state index is 0.00305. The van der Waals surface area contributed by atoms with Crippen LogP contribution in [0, 0.1) is 0 Å². The molecule has 0 saturated carbocycles. The van der Waals surface area contributed by atoms with E-state index in [2.05, 4.69) is 48.3 Å². The molecule has 1 atom stereocenters. The Hall–Kier alpha value is -1.06. The van der Waals surface area contributed by atoms with Crippen LogP contribution in [0.1, 0.15) is 45.1 Å². The summed E-state index contributed by atoms with van der Waals surface area (Å²) in [5.41, 5.74) is 2.69. The summed E-state index contributed by atoms with van der Waals surface area (Å²) in [6, 6.07) is 9.46. The third-order valence-corrected chi connectivity index (χ3v) is 4.60. The normalized spacial score (nSPS) is 25.9. The van der Waals surface area contributed by atoms with Gasteiger partial charge in [-0.25, -0.2) is 0 Å². The van der Waals surface area contributed by atoms with Gasteiger partial charge in [-0.1, -0.05) is 12.1 Å². The zero-order chi connectivity index (χ0) is 14.7. The average Bonchev–Trinajstić information content (AvgIpc) is 2.91. The first-order chi connectivity index (χ1) is 10.1. The highest BCUT2D eigenvalue weighted by atomic mass is 16.5. The number of ether oxygens (including phenoxy) is 1. The molecule has 1 aromatic carbocycles. The molecule has 0 bridgehead atoms. The summed E-state index contributed by atoms with van der Waals surface area (Å²) in [4.78, 5) is 2.55. The second-order valence-corrected chi connectivity index (χ2v) is 7.13. The smallest absolute Gasteiger partial charge is 0.0646 e. The minimum atomic E-state index is 0.00305. The summed E-state index contributed by atoms with van der Waals surface area (Å²) in [5.74, 6) is 0. The lowest BCUT2D eigenvalue weighted by Gasteiger charge is -2.36. The molecule has 116 valence electrons. The van der Waals surface area contributed by atoms with Crippen molar-refractivity contribution in [1.29, 1.82) is 0 Å². The number of hydrogen-bond donors (Lipinski definition) is 1. The van der Waals surface area contributed by atoms with E-state index in [0.29, 0.717) is 6.04 Å². The van der Waals surface area contributed by atoms with Gasteiger partial charge in [-0.05, 0) is 70.3 Å². The van der Waals surface area contributed by atoms with E-state index in [4.69, 9.17) is 4.74 Å². The molecular formula is C18H28N2O. The van der Waals surface area contributed by atoms with E-state index in [9.17, 15) is 0 Å². The number of rotatable bonds is 4. The molecule has 3 nitrogen and oxygen atoms in total. The Morgan fingerprint density at radius 1 is 1.29 bits per heavy atom. The minimum Gasteiger partial charge on any atom is -0.382 e. The van der Waals surface area contributed by atoms with Crippen molar-refractivity contribution >= 4 is 5.69 Å². The van der Waals surface area contributed by atoms with Gasteiger partial charge in [0.25, 0.3) is 0 Å². The Bertz CT molecular complexity index is 466. The van der Waals surface area contributed by atoms with Crippen LogP contribution >= 0.6 is 0 Å². The Morgan fingerprint density at radius 2 is 2.10 bits per heavy atom. The van der Waals surface area contributed by atoms with E-state index in [1.807, 2.05) is 0 Å². The van der Waals surface area contributed by atoms with Crippen molar-refractivity contribution < 1.29 is 4.74 Å². The predicted molar refractivity (Wildman–Crippen MR) is 87.6 cm³/mol. The molecule has 1 N–H and O–H groups in total. The number of benzene rings is 1. The van der Waals surface area contributed by atoms with Gasteiger partial charge in [-0.3, -0.25) is 4.90 Å². The molecule has 2 aliphatic rings. The first-order valence-corrected chi connectivity index (χ1v) is 8.33. The summed E-state index contributed by atoms with van der Waals surface area (Å²) >= 11 is 0. The maximum absolute atomic E-state index is 5.80. The van der Waals surface area contributed by atoms with Crippen LogP contribution in [0.25, 0.3) is 0 Å². The van der Waals surface area contributed by atoms with Crippen LogP contribution in [0.4, 0.5) is 5.69 Å². The molecule has 21 heavy (non-hydrogen) atoms. The molecule has 2 heterocycles. The average molecular weight is 288 g/mol. The molecule has 0 aliphatic carbocycles. The van der Waals surface area contributed by atoms with Crippen molar-refractivity contribution in [2.75, 3.05) is 25.0 Å². The number of anilines is 1. The van der Waals surface area contributed by atoms with Gasteiger partial charge in [0.2, 0.25) is 0 Å². The monoisotopic (exact) mass is 288 g/mol. The Labute approximate surface area is 128 Å². The number of nitrogens with one attached hydrogen (secondary N) is 1. The van der Waals surface area contributed by atoms with Crippen LogP contribution in [-0.4, -0.2) is 36.2 Å². The lowest BCUT2D eigenvalue weighted by molar-refractivity contribution is -0.0553. The van der Waals surface area contributed by atoms with Crippen molar-refractivity contribution in [3.8, 4) is 0 Å². The van der Waals surface area contributed by atoms with Gasteiger partial charge in [0.15, 0.2) is 0 Å². The third kappa shape index (κ3) is 4.21. The van der Waals surface area contributed by atoms with E-state index in [1.165, 1.54) is 37.2 Å². The van der Waals surface area contributed by atoms with Gasteiger partial charge >= 0.3 is 0 Å². The van der Waals surface area contributed by atoms with Crippen LogP contribution < -0.4 is 5.32 Å². The molecule has 0 amide bonds. The Balaban J connectivity index is 1.60. The summed E-state index contributed by atoms with van der Waals surface area (Å²) in [6.07, 6.45) is 4.88. The zero-order valence-electron chi connectivity index (χ0n) is 13.4. The van der Waals surface area contributed by atoms with Gasteiger partial charge in [0.1, 0.15) is 0 Å². The topological polar surface area (TPSA) is 24.5 Å². The van der Waals surface area contributed by atoms with Crippen LogP contribution in [0.15, 0.2) is 24.3 Å². The quantitative estimate of drug-likeness (QED) is 0.915. The maximum Gasteiger partial charge on any atom is 0.0646 e. The molecular weight excluding hydrogens is 260 g/mol. The van der Waals surface area contributed by atoms with Crippen molar-refractivity contribution in [3.63, 3.8) is 0 Å². The van der Waals surface area contributed by atoms with Crippen molar-refractivity contribution in [1.82, 2.24) is 4.90 Å². The zero-order valence-corrected chi connectivity index (χ0v) is 13.4. The second kappa shape index (κ2) is 6.37. The molecule has 2 fully saturated rings.